The minimum atomic E-state index is -0.283. The monoisotopic (exact) mass is 1720 g/mol. The lowest BCUT2D eigenvalue weighted by molar-refractivity contribution is -0.132. The summed E-state index contributed by atoms with van der Waals surface area (Å²) in [6.45, 7) is 88.4. The number of Topliss-reactive ketones (excluding diaryl/α,β-unsaturated/α-hetero) is 6. The number of hydrogen-bond acceptors (Lipinski definition) is 16. The summed E-state index contributed by atoms with van der Waals surface area (Å²) in [5.41, 5.74) is 18.4. The molecule has 9 aliphatic rings. The van der Waals surface area contributed by atoms with Gasteiger partial charge in [0.2, 0.25) is 11.8 Å². The molecule has 124 heavy (non-hydrogen) atoms. The Hall–Kier alpha value is -8.20. The average molecular weight is 1720 g/mol. The van der Waals surface area contributed by atoms with Crippen LogP contribution < -0.4 is 5.73 Å². The minimum Gasteiger partial charge on any atom is -0.368 e. The highest BCUT2D eigenvalue weighted by Crippen LogP contribution is 2.42. The van der Waals surface area contributed by atoms with Crippen molar-refractivity contribution in [2.75, 3.05) is 72.0 Å². The maximum Gasteiger partial charge on any atom is 0.242 e. The molecule has 0 radical (unpaired) electrons. The fourth-order valence-corrected chi connectivity index (χ4v) is 18.2. The zero-order valence-corrected chi connectivity index (χ0v) is 82.5. The van der Waals surface area contributed by atoms with Crippen LogP contribution in [0.2, 0.25) is 0 Å². The van der Waals surface area contributed by atoms with Crippen molar-refractivity contribution >= 4 is 46.5 Å². The van der Waals surface area contributed by atoms with E-state index >= 15 is 0 Å². The fraction of sp³-hybridized carbons (Fsp3) is 0.679. The summed E-state index contributed by atoms with van der Waals surface area (Å²) in [5, 5.41) is 0. The second kappa shape index (κ2) is 51.0. The average Bonchev–Trinajstić information content (AvgIpc) is 1.64. The number of rotatable bonds is 33. The highest BCUT2D eigenvalue weighted by Gasteiger charge is 2.43. The van der Waals surface area contributed by atoms with Gasteiger partial charge in [0.1, 0.15) is 0 Å². The van der Waals surface area contributed by atoms with Crippen molar-refractivity contribution in [3.05, 3.63) is 146 Å². The summed E-state index contributed by atoms with van der Waals surface area (Å²) in [6.07, 6.45) is 36.6. The topological polar surface area (TPSA) is 192 Å². The summed E-state index contributed by atoms with van der Waals surface area (Å²) in [4.78, 5) is 113. The van der Waals surface area contributed by atoms with Gasteiger partial charge >= 0.3 is 0 Å². The van der Waals surface area contributed by atoms with E-state index in [2.05, 4.69) is 257 Å². The molecule has 0 aliphatic carbocycles. The number of unbranched alkanes of at least 4 members (excludes halogenated alkanes) is 3. The van der Waals surface area contributed by atoms with Crippen molar-refractivity contribution in [2.24, 2.45) is 17.1 Å². The molecule has 2 N–H and O–H groups in total. The van der Waals surface area contributed by atoms with Crippen molar-refractivity contribution in [3.8, 4) is 12.3 Å². The van der Waals surface area contributed by atoms with Gasteiger partial charge < -0.3 is 49.8 Å². The molecule has 1 aromatic rings. The van der Waals surface area contributed by atoms with Crippen LogP contribution in [0.25, 0.3) is 0 Å². The zero-order valence-electron chi connectivity index (χ0n) is 82.5. The molecule has 10 rings (SSSR count). The van der Waals surface area contributed by atoms with Gasteiger partial charge in [0.15, 0.2) is 34.7 Å². The normalized spacial score (nSPS) is 19.8. The molecule has 18 nitrogen and oxygen atoms in total. The van der Waals surface area contributed by atoms with E-state index in [0.717, 1.165) is 232 Å². The molecule has 9 saturated heterocycles. The molecule has 0 bridgehead atoms. The Bertz CT molecular complexity index is 3860. The first-order valence-corrected chi connectivity index (χ1v) is 47.0. The number of nitrogens with zero attached hydrogens (tertiary/aromatic N) is 9. The largest absolute Gasteiger partial charge is 0.368 e. The maximum absolute atomic E-state index is 12.4. The first kappa shape index (κ1) is 110. The third kappa shape index (κ3) is 36.3. The van der Waals surface area contributed by atoms with Crippen LogP contribution in [-0.4, -0.2) is 202 Å². The van der Waals surface area contributed by atoms with Crippen LogP contribution in [0.1, 0.15) is 341 Å². The lowest BCUT2D eigenvalue weighted by Crippen LogP contribution is -2.47. The highest BCUT2D eigenvalue weighted by atomic mass is 16.2. The molecule has 0 aromatic heterocycles. The smallest absolute Gasteiger partial charge is 0.242 e. The summed E-state index contributed by atoms with van der Waals surface area (Å²) >= 11 is 0. The number of carbonyl (C=O) groups excluding carboxylic acids is 8. The van der Waals surface area contributed by atoms with Crippen molar-refractivity contribution < 1.29 is 38.4 Å². The number of terminal acetylenes is 1. The molecule has 2 amide bonds. The Balaban J connectivity index is 0.000000367. The van der Waals surface area contributed by atoms with Gasteiger partial charge in [0, 0.05) is 150 Å². The van der Waals surface area contributed by atoms with Gasteiger partial charge in [-0.15, -0.1) is 18.9 Å². The number of primary amides is 1. The lowest BCUT2D eigenvalue weighted by Gasteiger charge is -2.40. The highest BCUT2D eigenvalue weighted by molar-refractivity contribution is 5.85. The maximum atomic E-state index is 12.4. The fourth-order valence-electron chi connectivity index (χ4n) is 18.2. The Morgan fingerprint density at radius 3 is 1.24 bits per heavy atom. The van der Waals surface area contributed by atoms with Crippen molar-refractivity contribution in [2.45, 2.75) is 384 Å². The van der Waals surface area contributed by atoms with E-state index in [-0.39, 0.29) is 73.9 Å². The number of benzene rings is 1. The molecule has 696 valence electrons. The van der Waals surface area contributed by atoms with Crippen molar-refractivity contribution in [1.29, 1.82) is 0 Å². The molecular weight excluding hydrogens is 1540 g/mol. The van der Waals surface area contributed by atoms with E-state index in [0.29, 0.717) is 101 Å². The van der Waals surface area contributed by atoms with Crippen LogP contribution in [0, 0.1) is 37.5 Å². The van der Waals surface area contributed by atoms with Crippen LogP contribution in [0.5, 0.6) is 0 Å². The summed E-state index contributed by atoms with van der Waals surface area (Å²) in [6, 6.07) is 6.24. The molecule has 1 atom stereocenters. The number of aryl methyl sites for hydroxylation is 2. The number of amides is 2. The molecule has 9 fully saturated rings. The first-order valence-electron chi connectivity index (χ1n) is 47.0. The van der Waals surface area contributed by atoms with E-state index < -0.39 is 0 Å². The van der Waals surface area contributed by atoms with Crippen LogP contribution in [0.3, 0.4) is 0 Å². The Morgan fingerprint density at radius 2 is 0.887 bits per heavy atom. The molecule has 18 heteroatoms. The Kier molecular flexibility index (Phi) is 45.2. The SMILES string of the molecule is C#CCCC(=O)CN1C(=C)CCC1(C)C.C=C1CC(C)(C)CN1CC(N)=O.C=C1CCC(C)(C)N1C(CC)C(=O)CCCCC.C=C1CCC(C)(C)N1CC(=O)CC(C)C.C=C1CCC(C)(C)N1CC(=O)CCCC.C=C1CCC(C)(C)N1CC(=O)N1CCCC1.C=C1CCCN1CC(=O)Cc1c(C)cccc1C.C=CCCC(=O)CN1C(=C)CCC1(C)C. The van der Waals surface area contributed by atoms with Crippen LogP contribution in [0.15, 0.2) is 129 Å². The third-order valence-corrected chi connectivity index (χ3v) is 26.3. The Morgan fingerprint density at radius 1 is 0.468 bits per heavy atom. The quantitative estimate of drug-likeness (QED) is 0.0397. The molecule has 1 aromatic carbocycles. The van der Waals surface area contributed by atoms with Gasteiger partial charge in [-0.25, -0.2) is 0 Å². The number of ketones is 6. The molecule has 9 heterocycles. The number of nitrogens with two attached hydrogens (primary N) is 1. The lowest BCUT2D eigenvalue weighted by atomic mass is 9.92. The van der Waals surface area contributed by atoms with E-state index in [1.54, 1.807) is 6.08 Å². The van der Waals surface area contributed by atoms with E-state index in [9.17, 15) is 38.4 Å². The molecule has 0 spiro atoms. The second-order valence-corrected chi connectivity index (χ2v) is 41.3. The van der Waals surface area contributed by atoms with Crippen LogP contribution in [-0.2, 0) is 44.8 Å². The predicted octanol–water partition coefficient (Wildman–Crippen LogP) is 21.4. The predicted molar refractivity (Wildman–Crippen MR) is 519 cm³/mol. The summed E-state index contributed by atoms with van der Waals surface area (Å²) in [5.74, 6) is 4.81. The van der Waals surface area contributed by atoms with Gasteiger partial charge in [-0.3, -0.25) is 38.4 Å². The van der Waals surface area contributed by atoms with Crippen LogP contribution in [0.4, 0.5) is 0 Å². The van der Waals surface area contributed by atoms with Crippen molar-refractivity contribution in [1.82, 2.24) is 44.1 Å². The summed E-state index contributed by atoms with van der Waals surface area (Å²) < 4.78 is 0. The number of allylic oxidation sites excluding steroid dienone is 9. The Labute approximate surface area is 755 Å². The zero-order chi connectivity index (χ0) is 94.1. The second-order valence-electron chi connectivity index (χ2n) is 41.3. The van der Waals surface area contributed by atoms with Gasteiger partial charge in [-0.05, 0) is 260 Å². The molecular formula is C106H174N10O8. The summed E-state index contributed by atoms with van der Waals surface area (Å²) in [7, 11) is 0. The van der Waals surface area contributed by atoms with E-state index in [1.807, 2.05) is 15.9 Å². The van der Waals surface area contributed by atoms with E-state index in [1.165, 1.54) is 23.1 Å². The van der Waals surface area contributed by atoms with Gasteiger partial charge in [0.25, 0.3) is 0 Å². The minimum absolute atomic E-state index is 0.0480. The standard InChI is InChI=1S/C16H21NO.C16H29NO.C13H22N2O.2C13H23NO.C13H21NO.C13H19NO.C9H16N2O/c1-12-6-4-7-13(2)16(12)10-15(18)11-17-9-5-8-14(17)3;1-6-8-9-10-15(18)14(7-2)17-13(3)11-12-16(17,4)5;1-11-6-7-13(2,3)15(11)10-12(16)14-8-4-5-9-14;1-10(2)8-12(15)9-14-11(3)6-7-13(14,4)5;3*1-5-6-7-12(15)10-14-11(2)8-9-13(14,3)4;1-7-4-9(2,3)6-11(7)5-8(10)12/h4,6-7H,3,5,8-11H2,1-2H3;14H,3,6-12H2,1-2,4-5H3;1,4-10H2,2-3H3;10H,3,6-9H2,1-2,4-5H3;2,5-10H2,1,3-4H3;5H,1-2,6-10H2,3-4H3;1H,2,6-10H2,3-4H3;1,4-6H2,2-3H3,(H2,10,12). The van der Waals surface area contributed by atoms with Crippen LogP contribution >= 0.6 is 0 Å². The van der Waals surface area contributed by atoms with E-state index in [4.69, 9.17) is 12.2 Å². The molecule has 1 unspecified atom stereocenters. The third-order valence-electron chi connectivity index (χ3n) is 26.3. The number of likely N-dealkylation sites (tertiary alicyclic amines) is 9. The molecule has 0 saturated carbocycles. The number of hydrogen-bond donors (Lipinski definition) is 1. The van der Waals surface area contributed by atoms with Crippen molar-refractivity contribution in [3.63, 3.8) is 0 Å². The molecule has 9 aliphatic heterocycles. The first-order chi connectivity index (χ1) is 57.7. The van der Waals surface area contributed by atoms with Gasteiger partial charge in [-0.1, -0.05) is 145 Å². The van der Waals surface area contributed by atoms with Gasteiger partial charge in [-0.2, -0.15) is 0 Å². The number of carbonyl (C=O) groups is 8. The van der Waals surface area contributed by atoms with Gasteiger partial charge in [0.05, 0.1) is 51.9 Å².